The number of hydrogen-bond acceptors (Lipinski definition) is 5. The summed E-state index contributed by atoms with van der Waals surface area (Å²) in [5.74, 6) is -0.358. The summed E-state index contributed by atoms with van der Waals surface area (Å²) in [5, 5.41) is 0. The van der Waals surface area contributed by atoms with Gasteiger partial charge in [-0.3, -0.25) is 14.4 Å². The number of aliphatic imine (C=N–C) groups is 1. The molecule has 8 nitrogen and oxygen atoms in total. The first-order valence-corrected chi connectivity index (χ1v) is 13.2. The van der Waals surface area contributed by atoms with Crippen LogP contribution in [0.2, 0.25) is 0 Å². The first kappa shape index (κ1) is 28.6. The zero-order valence-electron chi connectivity index (χ0n) is 22.7. The van der Waals surface area contributed by atoms with Gasteiger partial charge in [-0.05, 0) is 74.5 Å². The molecule has 208 valence electrons. The molecule has 0 aliphatic carbocycles. The number of amidine groups is 1. The highest BCUT2D eigenvalue weighted by atomic mass is 19.1. The fourth-order valence-electron chi connectivity index (χ4n) is 4.87. The zero-order chi connectivity index (χ0) is 28.6. The second-order valence-corrected chi connectivity index (χ2v) is 9.71. The Morgan fingerprint density at radius 3 is 2.17 bits per heavy atom. The van der Waals surface area contributed by atoms with Gasteiger partial charge in [0.15, 0.2) is 5.78 Å². The lowest BCUT2D eigenvalue weighted by molar-refractivity contribution is -0.115. The van der Waals surface area contributed by atoms with E-state index in [0.29, 0.717) is 54.1 Å². The van der Waals surface area contributed by atoms with Gasteiger partial charge < -0.3 is 20.3 Å². The third kappa shape index (κ3) is 6.98. The fraction of sp³-hybridized carbons (Fsp3) is 0.290. The number of anilines is 1. The number of para-hydroxylation sites is 2. The molecule has 1 aliphatic heterocycles. The molecule has 0 spiro atoms. The smallest absolute Gasteiger partial charge is 0.258 e. The number of methoxy groups -OCH3 is 1. The Bertz CT molecular complexity index is 1380. The van der Waals surface area contributed by atoms with Gasteiger partial charge in [-0.25, -0.2) is 4.39 Å². The van der Waals surface area contributed by atoms with E-state index in [4.69, 9.17) is 10.5 Å². The van der Waals surface area contributed by atoms with Crippen molar-refractivity contribution in [3.05, 3.63) is 95.3 Å². The van der Waals surface area contributed by atoms with E-state index in [0.717, 1.165) is 13.1 Å². The van der Waals surface area contributed by atoms with Crippen molar-refractivity contribution in [1.29, 1.82) is 0 Å². The van der Waals surface area contributed by atoms with E-state index in [1.54, 1.807) is 36.3 Å². The molecule has 1 aliphatic rings. The maximum atomic E-state index is 13.7. The number of ketones is 1. The standard InChI is InChI=1S/C31H33FN4O4/c1-21(37)34-30(33)24-7-9-25(10-8-24)31(39)36(27-5-3-4-6-28(27)40-2)20-19-35-17-15-23(16-18-35)29(38)22-11-13-26(32)14-12-22/h3-14,23H,15-20H2,1-2H3,(H2,33,34,37). The Balaban J connectivity index is 1.46. The van der Waals surface area contributed by atoms with Crippen LogP contribution in [0.15, 0.2) is 77.8 Å². The van der Waals surface area contributed by atoms with Crippen LogP contribution in [0.25, 0.3) is 0 Å². The van der Waals surface area contributed by atoms with E-state index in [2.05, 4.69) is 9.89 Å². The van der Waals surface area contributed by atoms with Gasteiger partial charge in [0, 0.05) is 42.6 Å². The van der Waals surface area contributed by atoms with Crippen molar-refractivity contribution >= 4 is 29.1 Å². The molecule has 1 heterocycles. The average molecular weight is 545 g/mol. The van der Waals surface area contributed by atoms with E-state index in [1.807, 2.05) is 24.3 Å². The molecule has 2 amide bonds. The molecular weight excluding hydrogens is 511 g/mol. The lowest BCUT2D eigenvalue weighted by Gasteiger charge is -2.33. The summed E-state index contributed by atoms with van der Waals surface area (Å²) in [7, 11) is 1.57. The van der Waals surface area contributed by atoms with Gasteiger partial charge >= 0.3 is 0 Å². The van der Waals surface area contributed by atoms with E-state index in [-0.39, 0.29) is 29.3 Å². The summed E-state index contributed by atoms with van der Waals surface area (Å²) in [6.07, 6.45) is 1.40. The molecule has 0 saturated carbocycles. The second-order valence-electron chi connectivity index (χ2n) is 9.71. The van der Waals surface area contributed by atoms with Crippen molar-refractivity contribution in [2.24, 2.45) is 16.6 Å². The SMILES string of the molecule is COc1ccccc1N(CCN1CCC(C(=O)c2ccc(F)cc2)CC1)C(=O)c1ccc(C(N)=NC(C)=O)cc1. The maximum absolute atomic E-state index is 13.7. The van der Waals surface area contributed by atoms with Crippen molar-refractivity contribution in [3.8, 4) is 5.75 Å². The first-order chi connectivity index (χ1) is 19.3. The molecule has 0 unspecified atom stereocenters. The molecule has 3 aromatic carbocycles. The monoisotopic (exact) mass is 544 g/mol. The number of benzene rings is 3. The van der Waals surface area contributed by atoms with Gasteiger partial charge in [0.1, 0.15) is 17.4 Å². The molecule has 9 heteroatoms. The largest absolute Gasteiger partial charge is 0.495 e. The first-order valence-electron chi connectivity index (χ1n) is 13.2. The number of hydrogen-bond donors (Lipinski definition) is 1. The molecule has 0 atom stereocenters. The van der Waals surface area contributed by atoms with Crippen LogP contribution in [-0.4, -0.2) is 61.6 Å². The lowest BCUT2D eigenvalue weighted by Crippen LogP contribution is -2.43. The van der Waals surface area contributed by atoms with Crippen LogP contribution in [0.4, 0.5) is 10.1 Å². The van der Waals surface area contributed by atoms with E-state index in [9.17, 15) is 18.8 Å². The van der Waals surface area contributed by atoms with Gasteiger partial charge in [-0.1, -0.05) is 24.3 Å². The second kappa shape index (κ2) is 13.1. The summed E-state index contributed by atoms with van der Waals surface area (Å²) in [6.45, 7) is 3.77. The molecule has 1 fully saturated rings. The Labute approximate surface area is 233 Å². The van der Waals surface area contributed by atoms with E-state index < -0.39 is 5.91 Å². The summed E-state index contributed by atoms with van der Waals surface area (Å²) in [6, 6.07) is 19.7. The Kier molecular flexibility index (Phi) is 9.39. The van der Waals surface area contributed by atoms with Crippen molar-refractivity contribution in [3.63, 3.8) is 0 Å². The van der Waals surface area contributed by atoms with Gasteiger partial charge in [0.25, 0.3) is 5.91 Å². The number of carbonyl (C=O) groups excluding carboxylic acids is 3. The lowest BCUT2D eigenvalue weighted by atomic mass is 9.89. The van der Waals surface area contributed by atoms with Crippen LogP contribution in [0.3, 0.4) is 0 Å². The topological polar surface area (TPSA) is 105 Å². The maximum Gasteiger partial charge on any atom is 0.258 e. The minimum atomic E-state index is -0.399. The predicted octanol–water partition coefficient (Wildman–Crippen LogP) is 4.33. The van der Waals surface area contributed by atoms with Crippen molar-refractivity contribution in [2.45, 2.75) is 19.8 Å². The number of carbonyl (C=O) groups is 3. The van der Waals surface area contributed by atoms with Gasteiger partial charge in [-0.15, -0.1) is 0 Å². The number of piperidine rings is 1. The van der Waals surface area contributed by atoms with Crippen LogP contribution >= 0.6 is 0 Å². The molecule has 3 aromatic rings. The highest BCUT2D eigenvalue weighted by Gasteiger charge is 2.27. The van der Waals surface area contributed by atoms with Gasteiger partial charge in [0.05, 0.1) is 12.8 Å². The highest BCUT2D eigenvalue weighted by Crippen LogP contribution is 2.29. The normalized spacial score (nSPS) is 14.5. The van der Waals surface area contributed by atoms with E-state index in [1.165, 1.54) is 31.2 Å². The number of nitrogens with two attached hydrogens (primary N) is 1. The number of amides is 2. The predicted molar refractivity (Wildman–Crippen MR) is 152 cm³/mol. The fourth-order valence-corrected chi connectivity index (χ4v) is 4.87. The molecule has 2 N–H and O–H groups in total. The van der Waals surface area contributed by atoms with Crippen molar-refractivity contribution < 1.29 is 23.5 Å². The molecular formula is C31H33FN4O4. The Hall–Kier alpha value is -4.37. The van der Waals surface area contributed by atoms with Crippen molar-refractivity contribution in [1.82, 2.24) is 4.90 Å². The summed E-state index contributed by atoms with van der Waals surface area (Å²) >= 11 is 0. The van der Waals surface area contributed by atoms with E-state index >= 15 is 0 Å². The third-order valence-corrected chi connectivity index (χ3v) is 7.05. The average Bonchev–Trinajstić information content (AvgIpc) is 2.97. The Morgan fingerprint density at radius 2 is 1.55 bits per heavy atom. The number of Topliss-reactive ketones (excluding diaryl/α,β-unsaturated/α-hetero) is 1. The van der Waals surface area contributed by atoms with Crippen LogP contribution in [0.5, 0.6) is 5.75 Å². The van der Waals surface area contributed by atoms with Crippen molar-refractivity contribution in [2.75, 3.05) is 38.2 Å². The minimum Gasteiger partial charge on any atom is -0.495 e. The molecule has 40 heavy (non-hydrogen) atoms. The molecule has 4 rings (SSSR count). The van der Waals surface area contributed by atoms with Crippen LogP contribution < -0.4 is 15.4 Å². The van der Waals surface area contributed by atoms with Gasteiger partial charge in [-0.2, -0.15) is 4.99 Å². The number of likely N-dealkylation sites (tertiary alicyclic amines) is 1. The molecule has 1 saturated heterocycles. The summed E-state index contributed by atoms with van der Waals surface area (Å²) in [5.41, 5.74) is 8.07. The number of ether oxygens (including phenoxy) is 1. The summed E-state index contributed by atoms with van der Waals surface area (Å²) < 4.78 is 18.8. The van der Waals surface area contributed by atoms with Crippen LogP contribution in [0.1, 0.15) is 46.0 Å². The third-order valence-electron chi connectivity index (χ3n) is 7.05. The zero-order valence-corrected chi connectivity index (χ0v) is 22.7. The summed E-state index contributed by atoms with van der Waals surface area (Å²) in [4.78, 5) is 45.5. The van der Waals surface area contributed by atoms with Crippen LogP contribution in [0, 0.1) is 11.7 Å². The minimum absolute atomic E-state index is 0.0444. The van der Waals surface area contributed by atoms with Gasteiger partial charge in [0.2, 0.25) is 5.91 Å². The number of halogens is 1. The quantitative estimate of drug-likeness (QED) is 0.244. The molecule has 0 bridgehead atoms. The molecule has 0 aromatic heterocycles. The highest BCUT2D eigenvalue weighted by molar-refractivity contribution is 6.08. The Morgan fingerprint density at radius 1 is 0.950 bits per heavy atom. The number of rotatable bonds is 9. The molecule has 0 radical (unpaired) electrons. The number of nitrogens with zero attached hydrogens (tertiary/aromatic N) is 3. The van der Waals surface area contributed by atoms with Crippen LogP contribution in [-0.2, 0) is 4.79 Å².